The summed E-state index contributed by atoms with van der Waals surface area (Å²) in [7, 11) is -3.61. The number of Topliss-reactive ketones (excluding diaryl/α,β-unsaturated/α-hetero) is 1. The first-order valence-electron chi connectivity index (χ1n) is 9.09. The minimum Gasteiger partial charge on any atom is -0.295 e. The van der Waals surface area contributed by atoms with Crippen LogP contribution in [0.5, 0.6) is 0 Å². The van der Waals surface area contributed by atoms with Crippen molar-refractivity contribution >= 4 is 15.8 Å². The fourth-order valence-corrected chi connectivity index (χ4v) is 4.10. The maximum Gasteiger partial charge on any atom is 0.240 e. The molecule has 0 aliphatic heterocycles. The number of rotatable bonds is 7. The summed E-state index contributed by atoms with van der Waals surface area (Å²) in [6, 6.07) is 23.8. The highest BCUT2D eigenvalue weighted by Crippen LogP contribution is 2.25. The van der Waals surface area contributed by atoms with Crippen LogP contribution in [-0.4, -0.2) is 20.7 Å². The number of aryl methyl sites for hydroxylation is 1. The molecule has 0 unspecified atom stereocenters. The molecular weight excluding hydrogens is 370 g/mol. The maximum atomic E-state index is 12.7. The highest BCUT2D eigenvalue weighted by molar-refractivity contribution is 7.89. The van der Waals surface area contributed by atoms with Crippen molar-refractivity contribution in [3.05, 3.63) is 101 Å². The largest absolute Gasteiger partial charge is 0.295 e. The van der Waals surface area contributed by atoms with Crippen LogP contribution < -0.4 is 4.72 Å². The van der Waals surface area contributed by atoms with Crippen LogP contribution in [0.15, 0.2) is 83.8 Å². The molecule has 1 N–H and O–H groups in total. The van der Waals surface area contributed by atoms with Gasteiger partial charge in [-0.05, 0) is 37.1 Å². The summed E-state index contributed by atoms with van der Waals surface area (Å²) in [5, 5.41) is 0. The van der Waals surface area contributed by atoms with E-state index in [-0.39, 0.29) is 23.1 Å². The van der Waals surface area contributed by atoms with Gasteiger partial charge in [0.15, 0.2) is 5.78 Å². The molecule has 0 spiro atoms. The van der Waals surface area contributed by atoms with E-state index in [0.29, 0.717) is 5.56 Å². The third-order valence-corrected chi connectivity index (χ3v) is 6.17. The molecule has 0 saturated heterocycles. The fourth-order valence-electron chi connectivity index (χ4n) is 3.06. The molecular formula is C23H23NO3S. The molecule has 0 bridgehead atoms. The van der Waals surface area contributed by atoms with Crippen molar-refractivity contribution in [2.75, 3.05) is 6.54 Å². The van der Waals surface area contributed by atoms with Gasteiger partial charge in [0.05, 0.1) is 4.90 Å². The Kier molecular flexibility index (Phi) is 6.07. The molecule has 0 fully saturated rings. The van der Waals surface area contributed by atoms with E-state index in [1.807, 2.05) is 49.4 Å². The van der Waals surface area contributed by atoms with Crippen molar-refractivity contribution in [2.45, 2.75) is 24.7 Å². The lowest BCUT2D eigenvalue weighted by Crippen LogP contribution is -2.29. The Bertz CT molecular complexity index is 1040. The summed E-state index contributed by atoms with van der Waals surface area (Å²) < 4.78 is 28.1. The van der Waals surface area contributed by atoms with Crippen molar-refractivity contribution in [3.63, 3.8) is 0 Å². The Morgan fingerprint density at radius 2 is 1.43 bits per heavy atom. The lowest BCUT2D eigenvalue weighted by atomic mass is 9.90. The van der Waals surface area contributed by atoms with Crippen molar-refractivity contribution in [2.24, 2.45) is 0 Å². The first kappa shape index (κ1) is 20.0. The van der Waals surface area contributed by atoms with Crippen LogP contribution in [0.2, 0.25) is 0 Å². The van der Waals surface area contributed by atoms with E-state index in [9.17, 15) is 13.2 Å². The smallest absolute Gasteiger partial charge is 0.240 e. The number of sulfonamides is 1. The lowest BCUT2D eigenvalue weighted by Gasteiger charge is -2.19. The van der Waals surface area contributed by atoms with E-state index >= 15 is 0 Å². The van der Waals surface area contributed by atoms with Gasteiger partial charge in [-0.3, -0.25) is 4.79 Å². The molecule has 5 heteroatoms. The monoisotopic (exact) mass is 393 g/mol. The van der Waals surface area contributed by atoms with Crippen LogP contribution in [0.1, 0.15) is 39.9 Å². The van der Waals surface area contributed by atoms with Gasteiger partial charge in [0, 0.05) is 18.0 Å². The average Bonchev–Trinajstić information content (AvgIpc) is 2.69. The van der Waals surface area contributed by atoms with Crippen molar-refractivity contribution in [1.82, 2.24) is 4.72 Å². The SMILES string of the molecule is CC(=O)c1ccc([C@@H](CNS(=O)(=O)c2ccc(C)cc2)c2ccccc2)cc1. The number of hydrogen-bond acceptors (Lipinski definition) is 3. The van der Waals surface area contributed by atoms with Crippen molar-refractivity contribution in [3.8, 4) is 0 Å². The van der Waals surface area contributed by atoms with Gasteiger partial charge in [0.1, 0.15) is 0 Å². The summed E-state index contributed by atoms with van der Waals surface area (Å²) in [5.41, 5.74) is 3.59. The molecule has 0 aliphatic carbocycles. The van der Waals surface area contributed by atoms with Gasteiger partial charge in [0.2, 0.25) is 10.0 Å². The van der Waals surface area contributed by atoms with Crippen LogP contribution in [0.4, 0.5) is 0 Å². The highest BCUT2D eigenvalue weighted by Gasteiger charge is 2.20. The predicted octanol–water partition coefficient (Wildman–Crippen LogP) is 4.31. The minimum atomic E-state index is -3.61. The van der Waals surface area contributed by atoms with E-state index in [0.717, 1.165) is 16.7 Å². The Labute approximate surface area is 166 Å². The third kappa shape index (κ3) is 4.74. The second-order valence-electron chi connectivity index (χ2n) is 6.81. The molecule has 1 atom stereocenters. The van der Waals surface area contributed by atoms with Crippen LogP contribution in [-0.2, 0) is 10.0 Å². The Balaban J connectivity index is 1.88. The summed E-state index contributed by atoms with van der Waals surface area (Å²) in [6.07, 6.45) is 0. The van der Waals surface area contributed by atoms with Gasteiger partial charge in [0.25, 0.3) is 0 Å². The number of nitrogens with one attached hydrogen (secondary N) is 1. The normalized spacial score (nSPS) is 12.5. The van der Waals surface area contributed by atoms with Crippen molar-refractivity contribution < 1.29 is 13.2 Å². The van der Waals surface area contributed by atoms with E-state index in [2.05, 4.69) is 4.72 Å². The highest BCUT2D eigenvalue weighted by atomic mass is 32.2. The van der Waals surface area contributed by atoms with Gasteiger partial charge >= 0.3 is 0 Å². The van der Waals surface area contributed by atoms with Gasteiger partial charge in [-0.25, -0.2) is 13.1 Å². The average molecular weight is 394 g/mol. The number of ketones is 1. The van der Waals surface area contributed by atoms with Crippen LogP contribution in [0.25, 0.3) is 0 Å². The first-order chi connectivity index (χ1) is 13.4. The van der Waals surface area contributed by atoms with Gasteiger partial charge < -0.3 is 0 Å². The molecule has 3 aromatic carbocycles. The number of benzene rings is 3. The fraction of sp³-hybridized carbons (Fsp3) is 0.174. The molecule has 0 amide bonds. The Hall–Kier alpha value is -2.76. The summed E-state index contributed by atoms with van der Waals surface area (Å²) in [5.74, 6) is -0.162. The topological polar surface area (TPSA) is 63.2 Å². The van der Waals surface area contributed by atoms with Gasteiger partial charge in [-0.15, -0.1) is 0 Å². The van der Waals surface area contributed by atoms with Gasteiger partial charge in [-0.2, -0.15) is 0 Å². The molecule has 0 saturated carbocycles. The first-order valence-corrected chi connectivity index (χ1v) is 10.6. The molecule has 0 aliphatic rings. The summed E-state index contributed by atoms with van der Waals surface area (Å²) in [6.45, 7) is 3.67. The van der Waals surface area contributed by atoms with Crippen molar-refractivity contribution in [1.29, 1.82) is 0 Å². The van der Waals surface area contributed by atoms with E-state index in [1.165, 1.54) is 6.92 Å². The molecule has 0 aromatic heterocycles. The number of hydrogen-bond donors (Lipinski definition) is 1. The number of carbonyl (C=O) groups excluding carboxylic acids is 1. The second-order valence-corrected chi connectivity index (χ2v) is 8.57. The maximum absolute atomic E-state index is 12.7. The zero-order chi connectivity index (χ0) is 20.1. The molecule has 0 heterocycles. The third-order valence-electron chi connectivity index (χ3n) is 4.73. The Morgan fingerprint density at radius 1 is 0.857 bits per heavy atom. The summed E-state index contributed by atoms with van der Waals surface area (Å²) >= 11 is 0. The van der Waals surface area contributed by atoms with Gasteiger partial charge in [-0.1, -0.05) is 72.3 Å². The van der Waals surface area contributed by atoms with Crippen LogP contribution >= 0.6 is 0 Å². The quantitative estimate of drug-likeness (QED) is 0.609. The second kappa shape index (κ2) is 8.50. The molecule has 0 radical (unpaired) electrons. The van der Waals surface area contributed by atoms with E-state index < -0.39 is 10.0 Å². The van der Waals surface area contributed by atoms with E-state index in [1.54, 1.807) is 36.4 Å². The van der Waals surface area contributed by atoms with Crippen LogP contribution in [0, 0.1) is 6.92 Å². The predicted molar refractivity (Wildman–Crippen MR) is 111 cm³/mol. The molecule has 4 nitrogen and oxygen atoms in total. The van der Waals surface area contributed by atoms with Crippen LogP contribution in [0.3, 0.4) is 0 Å². The molecule has 3 rings (SSSR count). The molecule has 3 aromatic rings. The van der Waals surface area contributed by atoms with E-state index in [4.69, 9.17) is 0 Å². The lowest BCUT2D eigenvalue weighted by molar-refractivity contribution is 0.101. The number of carbonyl (C=O) groups is 1. The molecule has 144 valence electrons. The summed E-state index contributed by atoms with van der Waals surface area (Å²) in [4.78, 5) is 11.8. The molecule has 28 heavy (non-hydrogen) atoms. The Morgan fingerprint density at radius 3 is 2.00 bits per heavy atom. The zero-order valence-corrected chi connectivity index (χ0v) is 16.7. The minimum absolute atomic E-state index is 0.00267. The standard InChI is InChI=1S/C23H23NO3S/c1-17-8-14-22(15-9-17)28(26,27)24-16-23(20-6-4-3-5-7-20)21-12-10-19(11-13-21)18(2)25/h3-15,23-24H,16H2,1-2H3/t23-/m0/s1. The zero-order valence-electron chi connectivity index (χ0n) is 15.9.